The summed E-state index contributed by atoms with van der Waals surface area (Å²) < 4.78 is 6.08. The minimum atomic E-state index is -0.324. The van der Waals surface area contributed by atoms with Crippen LogP contribution in [0.1, 0.15) is 99.5 Å². The molecule has 1 saturated carbocycles. The van der Waals surface area contributed by atoms with Gasteiger partial charge >= 0.3 is 5.63 Å². The van der Waals surface area contributed by atoms with E-state index in [-0.39, 0.29) is 23.2 Å². The van der Waals surface area contributed by atoms with Crippen molar-refractivity contribution in [3.63, 3.8) is 0 Å². The van der Waals surface area contributed by atoms with Crippen molar-refractivity contribution in [1.82, 2.24) is 0 Å². The molecule has 29 heavy (non-hydrogen) atoms. The molecule has 1 heterocycles. The molecule has 3 heteroatoms. The van der Waals surface area contributed by atoms with Crippen molar-refractivity contribution < 1.29 is 9.52 Å². The molecule has 156 valence electrons. The van der Waals surface area contributed by atoms with Crippen molar-refractivity contribution in [2.45, 2.75) is 83.5 Å². The van der Waals surface area contributed by atoms with Crippen LogP contribution in [-0.2, 0) is 6.42 Å². The molecule has 1 aromatic carbocycles. The van der Waals surface area contributed by atoms with E-state index in [0.717, 1.165) is 61.8 Å². The van der Waals surface area contributed by atoms with Gasteiger partial charge in [0.15, 0.2) is 0 Å². The molecule has 3 nitrogen and oxygen atoms in total. The molecular weight excluding hydrogens is 360 g/mol. The van der Waals surface area contributed by atoms with Gasteiger partial charge in [0.1, 0.15) is 11.5 Å². The summed E-state index contributed by atoms with van der Waals surface area (Å²) in [6, 6.07) is 10.2. The van der Waals surface area contributed by atoms with E-state index in [1.54, 1.807) is 0 Å². The second kappa shape index (κ2) is 8.77. The highest BCUT2D eigenvalue weighted by Crippen LogP contribution is 2.49. The molecule has 2 aliphatic carbocycles. The zero-order chi connectivity index (χ0) is 20.4. The summed E-state index contributed by atoms with van der Waals surface area (Å²) in [7, 11) is 0. The normalized spacial score (nSPS) is 21.1. The number of benzene rings is 1. The summed E-state index contributed by atoms with van der Waals surface area (Å²) in [6.45, 7) is 4.44. The Morgan fingerprint density at radius 2 is 1.76 bits per heavy atom. The lowest BCUT2D eigenvalue weighted by Gasteiger charge is -2.24. The fourth-order valence-electron chi connectivity index (χ4n) is 5.17. The molecule has 2 atom stereocenters. The second-order valence-corrected chi connectivity index (χ2v) is 9.50. The van der Waals surface area contributed by atoms with Crippen LogP contribution in [0.5, 0.6) is 5.75 Å². The monoisotopic (exact) mass is 394 g/mol. The largest absolute Gasteiger partial charge is 0.507 e. The Kier molecular flexibility index (Phi) is 6.12. The van der Waals surface area contributed by atoms with Crippen LogP contribution in [0.2, 0.25) is 0 Å². The van der Waals surface area contributed by atoms with E-state index >= 15 is 0 Å². The van der Waals surface area contributed by atoms with Crippen LogP contribution >= 0.6 is 0 Å². The number of rotatable bonds is 5. The van der Waals surface area contributed by atoms with Gasteiger partial charge in [-0.05, 0) is 55.9 Å². The highest BCUT2D eigenvalue weighted by atomic mass is 16.4. The van der Waals surface area contributed by atoms with Gasteiger partial charge in [-0.25, -0.2) is 4.79 Å². The maximum Gasteiger partial charge on any atom is 0.343 e. The molecule has 1 N–H and O–H groups in total. The van der Waals surface area contributed by atoms with Crippen molar-refractivity contribution >= 4 is 0 Å². The first kappa shape index (κ1) is 20.3. The molecule has 0 amide bonds. The average Bonchev–Trinajstić information content (AvgIpc) is 3.52. The maximum absolute atomic E-state index is 13.2. The number of aromatic hydroxyl groups is 1. The van der Waals surface area contributed by atoms with Gasteiger partial charge in [-0.1, -0.05) is 63.4 Å². The van der Waals surface area contributed by atoms with Crippen LogP contribution in [0.3, 0.4) is 0 Å². The van der Waals surface area contributed by atoms with Crippen LogP contribution in [0.25, 0.3) is 0 Å². The van der Waals surface area contributed by atoms with Gasteiger partial charge in [0.25, 0.3) is 0 Å². The molecule has 0 saturated heterocycles. The van der Waals surface area contributed by atoms with E-state index in [9.17, 15) is 9.90 Å². The quantitative estimate of drug-likeness (QED) is 0.628. The lowest BCUT2D eigenvalue weighted by Crippen LogP contribution is -2.20. The van der Waals surface area contributed by atoms with Crippen molar-refractivity contribution in [3.05, 3.63) is 63.2 Å². The minimum absolute atomic E-state index is 0.0612. The maximum atomic E-state index is 13.2. The molecule has 0 radical (unpaired) electrons. The van der Waals surface area contributed by atoms with Crippen LogP contribution in [0.15, 0.2) is 39.5 Å². The zero-order valence-electron chi connectivity index (χ0n) is 17.8. The summed E-state index contributed by atoms with van der Waals surface area (Å²) in [4.78, 5) is 13.2. The number of fused-ring (bicyclic) bond motifs is 1. The van der Waals surface area contributed by atoms with E-state index in [2.05, 4.69) is 26.0 Å². The first-order valence-corrected chi connectivity index (χ1v) is 11.5. The zero-order valence-corrected chi connectivity index (χ0v) is 17.8. The van der Waals surface area contributed by atoms with E-state index in [4.69, 9.17) is 4.42 Å². The molecule has 2 aromatic rings. The van der Waals surface area contributed by atoms with Crippen molar-refractivity contribution in [2.75, 3.05) is 0 Å². The van der Waals surface area contributed by atoms with Gasteiger partial charge < -0.3 is 9.52 Å². The van der Waals surface area contributed by atoms with Crippen LogP contribution in [0.4, 0.5) is 0 Å². The molecule has 0 aliphatic heterocycles. The SMILES string of the molecule is CC(C)CC1CCCCCCc2c1oc(=O)c(C(c1ccccc1)C1CC1)c2O. The Balaban J connectivity index is 1.83. The summed E-state index contributed by atoms with van der Waals surface area (Å²) >= 11 is 0. The van der Waals surface area contributed by atoms with Gasteiger partial charge in [0.05, 0.1) is 5.56 Å². The Hall–Kier alpha value is -2.03. The first-order valence-electron chi connectivity index (χ1n) is 11.5. The lowest BCUT2D eigenvalue weighted by molar-refractivity contribution is 0.343. The standard InChI is InChI=1S/C26H34O3/c1-17(2)16-20-12-6-3-4-9-13-21-24(27)23(26(28)29-25(20)21)22(19-14-15-19)18-10-7-5-8-11-18/h5,7-8,10-11,17,19-20,22,27H,3-4,6,9,12-16H2,1-2H3. The summed E-state index contributed by atoms with van der Waals surface area (Å²) in [5.74, 6) is 2.12. The lowest BCUT2D eigenvalue weighted by atomic mass is 9.84. The first-order chi connectivity index (χ1) is 14.1. The van der Waals surface area contributed by atoms with Gasteiger partial charge in [-0.2, -0.15) is 0 Å². The Morgan fingerprint density at radius 3 is 2.45 bits per heavy atom. The van der Waals surface area contributed by atoms with Gasteiger partial charge in [-0.3, -0.25) is 0 Å². The van der Waals surface area contributed by atoms with Crippen LogP contribution in [0, 0.1) is 11.8 Å². The summed E-state index contributed by atoms with van der Waals surface area (Å²) in [5, 5.41) is 11.4. The van der Waals surface area contributed by atoms with E-state index < -0.39 is 0 Å². The number of hydrogen-bond acceptors (Lipinski definition) is 3. The minimum Gasteiger partial charge on any atom is -0.507 e. The molecule has 0 bridgehead atoms. The van der Waals surface area contributed by atoms with Crippen molar-refractivity contribution in [3.8, 4) is 5.75 Å². The van der Waals surface area contributed by atoms with Gasteiger partial charge in [0.2, 0.25) is 0 Å². The molecule has 4 rings (SSSR count). The molecule has 1 aromatic heterocycles. The Labute approximate surface area is 174 Å². The summed E-state index contributed by atoms with van der Waals surface area (Å²) in [6.07, 6.45) is 9.65. The fourth-order valence-corrected chi connectivity index (χ4v) is 5.17. The molecule has 2 aliphatic rings. The third-order valence-electron chi connectivity index (χ3n) is 6.68. The van der Waals surface area contributed by atoms with Crippen molar-refractivity contribution in [1.29, 1.82) is 0 Å². The highest BCUT2D eigenvalue weighted by Gasteiger charge is 2.39. The van der Waals surface area contributed by atoms with Crippen LogP contribution in [-0.4, -0.2) is 5.11 Å². The van der Waals surface area contributed by atoms with Crippen molar-refractivity contribution in [2.24, 2.45) is 11.8 Å². The smallest absolute Gasteiger partial charge is 0.343 e. The predicted octanol–water partition coefficient (Wildman–Crippen LogP) is 6.52. The van der Waals surface area contributed by atoms with Crippen LogP contribution < -0.4 is 5.63 Å². The Bertz CT molecular complexity index is 877. The van der Waals surface area contributed by atoms with Gasteiger partial charge in [-0.15, -0.1) is 0 Å². The molecule has 1 fully saturated rings. The molecular formula is C26H34O3. The van der Waals surface area contributed by atoms with Gasteiger partial charge in [0, 0.05) is 17.4 Å². The summed E-state index contributed by atoms with van der Waals surface area (Å²) in [5.41, 5.74) is 2.20. The van der Waals surface area contributed by atoms with E-state index in [1.807, 2.05) is 18.2 Å². The average molecular weight is 395 g/mol. The third kappa shape index (κ3) is 4.44. The molecule has 2 unspecified atom stereocenters. The third-order valence-corrected chi connectivity index (χ3v) is 6.68. The number of hydrogen-bond donors (Lipinski definition) is 1. The Morgan fingerprint density at radius 1 is 1.03 bits per heavy atom. The van der Waals surface area contributed by atoms with E-state index in [1.165, 1.54) is 12.8 Å². The predicted molar refractivity (Wildman–Crippen MR) is 117 cm³/mol. The fraction of sp³-hybridized carbons (Fsp3) is 0.577. The molecule has 0 spiro atoms. The second-order valence-electron chi connectivity index (χ2n) is 9.50. The van der Waals surface area contributed by atoms with E-state index in [0.29, 0.717) is 17.4 Å². The highest BCUT2D eigenvalue weighted by molar-refractivity contribution is 5.47. The topological polar surface area (TPSA) is 50.4 Å².